The Morgan fingerprint density at radius 2 is 2.06 bits per heavy atom. The highest BCUT2D eigenvalue weighted by atomic mass is 15.3. The second-order valence-electron chi connectivity index (χ2n) is 3.82. The van der Waals surface area contributed by atoms with Gasteiger partial charge in [0, 0.05) is 12.7 Å². The van der Waals surface area contributed by atoms with Gasteiger partial charge in [0.15, 0.2) is 0 Å². The van der Waals surface area contributed by atoms with Crippen LogP contribution in [0.2, 0.25) is 0 Å². The van der Waals surface area contributed by atoms with Crippen molar-refractivity contribution in [2.45, 2.75) is 20.4 Å². The quantitative estimate of drug-likeness (QED) is 0.848. The van der Waals surface area contributed by atoms with Gasteiger partial charge in [-0.05, 0) is 31.2 Å². The van der Waals surface area contributed by atoms with E-state index in [0.29, 0.717) is 0 Å². The summed E-state index contributed by atoms with van der Waals surface area (Å²) in [5, 5.41) is 7.80. The van der Waals surface area contributed by atoms with E-state index in [0.717, 1.165) is 24.5 Å². The SMILES string of the molecule is CCNCc1ccn(-c2ccccc2C)n1. The molecule has 0 saturated heterocycles. The van der Waals surface area contributed by atoms with E-state index >= 15 is 0 Å². The Bertz CT molecular complexity index is 460. The monoisotopic (exact) mass is 215 g/mol. The third-order valence-corrected chi connectivity index (χ3v) is 2.56. The molecule has 0 unspecified atom stereocenters. The normalized spacial score (nSPS) is 10.6. The molecule has 16 heavy (non-hydrogen) atoms. The van der Waals surface area contributed by atoms with Crippen molar-refractivity contribution in [3.63, 3.8) is 0 Å². The number of aryl methyl sites for hydroxylation is 1. The molecule has 84 valence electrons. The third-order valence-electron chi connectivity index (χ3n) is 2.56. The van der Waals surface area contributed by atoms with Crippen molar-refractivity contribution >= 4 is 0 Å². The lowest BCUT2D eigenvalue weighted by atomic mass is 10.2. The van der Waals surface area contributed by atoms with Crippen molar-refractivity contribution in [2.75, 3.05) is 6.54 Å². The van der Waals surface area contributed by atoms with E-state index in [4.69, 9.17) is 0 Å². The molecule has 2 aromatic rings. The molecule has 0 spiro atoms. The Labute approximate surface area is 96.1 Å². The number of nitrogens with one attached hydrogen (secondary N) is 1. The first-order valence-corrected chi connectivity index (χ1v) is 5.62. The van der Waals surface area contributed by atoms with E-state index < -0.39 is 0 Å². The van der Waals surface area contributed by atoms with Gasteiger partial charge < -0.3 is 5.32 Å². The highest BCUT2D eigenvalue weighted by molar-refractivity contribution is 5.39. The van der Waals surface area contributed by atoms with Crippen LogP contribution in [0.25, 0.3) is 5.69 Å². The molecule has 3 heteroatoms. The Morgan fingerprint density at radius 1 is 1.25 bits per heavy atom. The summed E-state index contributed by atoms with van der Waals surface area (Å²) < 4.78 is 1.93. The van der Waals surface area contributed by atoms with E-state index in [1.807, 2.05) is 23.0 Å². The predicted octanol–water partition coefficient (Wildman–Crippen LogP) is 2.29. The molecule has 0 saturated carbocycles. The van der Waals surface area contributed by atoms with Crippen LogP contribution in [0.1, 0.15) is 18.2 Å². The van der Waals surface area contributed by atoms with Gasteiger partial charge in [0.05, 0.1) is 11.4 Å². The molecule has 0 aliphatic rings. The minimum atomic E-state index is 0.829. The van der Waals surface area contributed by atoms with Crippen LogP contribution in [0.5, 0.6) is 0 Å². The minimum absolute atomic E-state index is 0.829. The molecule has 1 heterocycles. The average Bonchev–Trinajstić information content (AvgIpc) is 2.75. The van der Waals surface area contributed by atoms with Crippen LogP contribution in [0, 0.1) is 6.92 Å². The van der Waals surface area contributed by atoms with Gasteiger partial charge in [-0.15, -0.1) is 0 Å². The summed E-state index contributed by atoms with van der Waals surface area (Å²) in [6.45, 7) is 5.99. The maximum atomic E-state index is 4.53. The topological polar surface area (TPSA) is 29.9 Å². The first-order valence-electron chi connectivity index (χ1n) is 5.62. The van der Waals surface area contributed by atoms with Crippen LogP contribution < -0.4 is 5.32 Å². The summed E-state index contributed by atoms with van der Waals surface area (Å²) in [5.74, 6) is 0. The van der Waals surface area contributed by atoms with Gasteiger partial charge in [0.25, 0.3) is 0 Å². The van der Waals surface area contributed by atoms with Gasteiger partial charge >= 0.3 is 0 Å². The molecule has 0 atom stereocenters. The van der Waals surface area contributed by atoms with Crippen molar-refractivity contribution in [1.29, 1.82) is 0 Å². The molecule has 0 fully saturated rings. The third kappa shape index (κ3) is 2.31. The maximum Gasteiger partial charge on any atom is 0.0766 e. The Hall–Kier alpha value is -1.61. The number of hydrogen-bond acceptors (Lipinski definition) is 2. The second kappa shape index (κ2) is 4.94. The Morgan fingerprint density at radius 3 is 2.81 bits per heavy atom. The lowest BCUT2D eigenvalue weighted by Crippen LogP contribution is -2.12. The van der Waals surface area contributed by atoms with E-state index in [9.17, 15) is 0 Å². The van der Waals surface area contributed by atoms with Crippen LogP contribution in [-0.2, 0) is 6.54 Å². The van der Waals surface area contributed by atoms with Gasteiger partial charge in [0.1, 0.15) is 0 Å². The molecule has 1 aromatic heterocycles. The molecule has 0 aliphatic heterocycles. The highest BCUT2D eigenvalue weighted by Gasteiger charge is 2.02. The van der Waals surface area contributed by atoms with Crippen LogP contribution in [0.15, 0.2) is 36.5 Å². The van der Waals surface area contributed by atoms with E-state index in [1.165, 1.54) is 5.56 Å². The smallest absolute Gasteiger partial charge is 0.0766 e. The molecular weight excluding hydrogens is 198 g/mol. The summed E-state index contributed by atoms with van der Waals surface area (Å²) in [6, 6.07) is 10.3. The van der Waals surface area contributed by atoms with Crippen molar-refractivity contribution in [2.24, 2.45) is 0 Å². The molecular formula is C13H17N3. The van der Waals surface area contributed by atoms with Crippen LogP contribution in [-0.4, -0.2) is 16.3 Å². The first kappa shape index (κ1) is 10.9. The summed E-state index contributed by atoms with van der Waals surface area (Å²) in [4.78, 5) is 0. The predicted molar refractivity (Wildman–Crippen MR) is 65.7 cm³/mol. The zero-order chi connectivity index (χ0) is 11.4. The number of benzene rings is 1. The number of para-hydroxylation sites is 1. The summed E-state index contributed by atoms with van der Waals surface area (Å²) in [6.07, 6.45) is 2.01. The fourth-order valence-corrected chi connectivity index (χ4v) is 1.66. The molecule has 2 rings (SSSR count). The number of nitrogens with zero attached hydrogens (tertiary/aromatic N) is 2. The molecule has 1 N–H and O–H groups in total. The minimum Gasteiger partial charge on any atom is -0.311 e. The van der Waals surface area contributed by atoms with E-state index in [2.05, 4.69) is 42.5 Å². The molecule has 0 aliphatic carbocycles. The lowest BCUT2D eigenvalue weighted by molar-refractivity contribution is 0.696. The van der Waals surface area contributed by atoms with E-state index in [1.54, 1.807) is 0 Å². The van der Waals surface area contributed by atoms with Crippen molar-refractivity contribution in [3.8, 4) is 5.69 Å². The van der Waals surface area contributed by atoms with Crippen LogP contribution >= 0.6 is 0 Å². The zero-order valence-corrected chi connectivity index (χ0v) is 9.77. The second-order valence-corrected chi connectivity index (χ2v) is 3.82. The largest absolute Gasteiger partial charge is 0.311 e. The molecule has 3 nitrogen and oxygen atoms in total. The van der Waals surface area contributed by atoms with Gasteiger partial charge in [-0.1, -0.05) is 25.1 Å². The standard InChI is InChI=1S/C13H17N3/c1-3-14-10-12-8-9-16(15-12)13-7-5-4-6-11(13)2/h4-9,14H,3,10H2,1-2H3. The van der Waals surface area contributed by atoms with E-state index in [-0.39, 0.29) is 0 Å². The van der Waals surface area contributed by atoms with Crippen molar-refractivity contribution in [1.82, 2.24) is 15.1 Å². The first-order chi connectivity index (χ1) is 7.81. The van der Waals surface area contributed by atoms with Crippen LogP contribution in [0.3, 0.4) is 0 Å². The lowest BCUT2D eigenvalue weighted by Gasteiger charge is -2.04. The van der Waals surface area contributed by atoms with Gasteiger partial charge in [-0.25, -0.2) is 4.68 Å². The van der Waals surface area contributed by atoms with Gasteiger partial charge in [-0.2, -0.15) is 5.10 Å². The highest BCUT2D eigenvalue weighted by Crippen LogP contribution is 2.12. The molecule has 0 bridgehead atoms. The molecule has 0 amide bonds. The average molecular weight is 215 g/mol. The van der Waals surface area contributed by atoms with Gasteiger partial charge in [0.2, 0.25) is 0 Å². The number of rotatable bonds is 4. The Balaban J connectivity index is 2.22. The number of aromatic nitrogens is 2. The summed E-state index contributed by atoms with van der Waals surface area (Å²) in [7, 11) is 0. The van der Waals surface area contributed by atoms with Crippen molar-refractivity contribution < 1.29 is 0 Å². The maximum absolute atomic E-state index is 4.53. The number of hydrogen-bond donors (Lipinski definition) is 1. The van der Waals surface area contributed by atoms with Crippen molar-refractivity contribution in [3.05, 3.63) is 47.8 Å². The Kier molecular flexibility index (Phi) is 3.37. The van der Waals surface area contributed by atoms with Gasteiger partial charge in [-0.3, -0.25) is 0 Å². The molecule has 0 radical (unpaired) electrons. The fourth-order valence-electron chi connectivity index (χ4n) is 1.66. The van der Waals surface area contributed by atoms with Crippen LogP contribution in [0.4, 0.5) is 0 Å². The fraction of sp³-hybridized carbons (Fsp3) is 0.308. The zero-order valence-electron chi connectivity index (χ0n) is 9.77. The summed E-state index contributed by atoms with van der Waals surface area (Å²) in [5.41, 5.74) is 3.45. The summed E-state index contributed by atoms with van der Waals surface area (Å²) >= 11 is 0. The molecule has 1 aromatic carbocycles.